The van der Waals surface area contributed by atoms with Gasteiger partial charge in [0.2, 0.25) is 0 Å². The smallest absolute Gasteiger partial charge is 0.184 e. The van der Waals surface area contributed by atoms with Gasteiger partial charge < -0.3 is 10.2 Å². The highest BCUT2D eigenvalue weighted by atomic mass is 32.1. The first kappa shape index (κ1) is 19.2. The number of furan rings is 1. The number of hydrogen-bond donors (Lipinski definition) is 2. The number of nitrogens with two attached hydrogens (primary N) is 1. The van der Waals surface area contributed by atoms with Crippen molar-refractivity contribution in [3.8, 4) is 0 Å². The fourth-order valence-corrected chi connectivity index (χ4v) is 3.18. The summed E-state index contributed by atoms with van der Waals surface area (Å²) < 4.78 is 18.7. The summed E-state index contributed by atoms with van der Waals surface area (Å²) >= 11 is 4.66. The van der Waals surface area contributed by atoms with E-state index in [1.165, 1.54) is 18.3 Å². The van der Waals surface area contributed by atoms with Gasteiger partial charge in [0, 0.05) is 11.5 Å². The quantitative estimate of drug-likeness (QED) is 0.343. The summed E-state index contributed by atoms with van der Waals surface area (Å²) in [6, 6.07) is 9.50. The van der Waals surface area contributed by atoms with Crippen molar-refractivity contribution in [1.82, 2.24) is 10.3 Å². The second-order valence-corrected chi connectivity index (χ2v) is 6.90. The van der Waals surface area contributed by atoms with Crippen LogP contribution in [-0.2, 0) is 6.54 Å². The van der Waals surface area contributed by atoms with E-state index in [0.717, 1.165) is 31.7 Å². The van der Waals surface area contributed by atoms with E-state index in [1.54, 1.807) is 12.1 Å². The average Bonchev–Trinajstić information content (AvgIpc) is 3.09. The zero-order valence-electron chi connectivity index (χ0n) is 14.7. The fourth-order valence-electron chi connectivity index (χ4n) is 3.13. The number of halogens is 1. The fraction of sp³-hybridized carbons (Fsp3) is 0.316. The zero-order chi connectivity index (χ0) is 19.2. The van der Waals surface area contributed by atoms with Crippen LogP contribution in [0.3, 0.4) is 0 Å². The van der Waals surface area contributed by atoms with Gasteiger partial charge in [0.25, 0.3) is 0 Å². The van der Waals surface area contributed by atoms with Gasteiger partial charge in [-0.05, 0) is 74.5 Å². The Hall–Kier alpha value is -2.58. The van der Waals surface area contributed by atoms with Crippen molar-refractivity contribution in [2.24, 2.45) is 16.8 Å². The summed E-state index contributed by atoms with van der Waals surface area (Å²) in [5.74, 6) is 1.18. The Morgan fingerprint density at radius 1 is 1.30 bits per heavy atom. The number of thiocarbonyl (C=S) groups is 1. The lowest BCUT2D eigenvalue weighted by Crippen LogP contribution is -2.35. The third-order valence-corrected chi connectivity index (χ3v) is 4.61. The number of ketones is 1. The number of nitrogens with zero attached hydrogens (tertiary/aromatic N) is 2. The minimum absolute atomic E-state index is 0.0165. The standard InChI is InChI=1S/C19H21FN4O2S/c20-15-3-1-13(2-4-15)18(25)14-7-9-24(10-8-14)12-17-6-5-16(26-17)11-22-23-19(21)27/h1-6,11,14H,7-10,12H2,(H3,21,23,27). The number of carbonyl (C=O) groups excluding carboxylic acids is 1. The van der Waals surface area contributed by atoms with Crippen LogP contribution in [0.2, 0.25) is 0 Å². The topological polar surface area (TPSA) is 83.9 Å². The second-order valence-electron chi connectivity index (χ2n) is 6.46. The summed E-state index contributed by atoms with van der Waals surface area (Å²) in [4.78, 5) is 14.8. The Kier molecular flexibility index (Phi) is 6.31. The number of Topliss-reactive ketones (excluding diaryl/α,β-unsaturated/α-hetero) is 1. The van der Waals surface area contributed by atoms with Gasteiger partial charge in [0.05, 0.1) is 12.8 Å². The van der Waals surface area contributed by atoms with E-state index < -0.39 is 0 Å². The van der Waals surface area contributed by atoms with Crippen molar-refractivity contribution in [2.75, 3.05) is 13.1 Å². The summed E-state index contributed by atoms with van der Waals surface area (Å²) in [5.41, 5.74) is 8.34. The first-order valence-corrected chi connectivity index (χ1v) is 9.11. The van der Waals surface area contributed by atoms with E-state index in [9.17, 15) is 9.18 Å². The van der Waals surface area contributed by atoms with Gasteiger partial charge in [-0.2, -0.15) is 5.10 Å². The Morgan fingerprint density at radius 2 is 2.00 bits per heavy atom. The summed E-state index contributed by atoms with van der Waals surface area (Å²) in [5, 5.41) is 3.95. The molecule has 6 nitrogen and oxygen atoms in total. The van der Waals surface area contributed by atoms with E-state index in [0.29, 0.717) is 17.9 Å². The summed E-state index contributed by atoms with van der Waals surface area (Å²) in [7, 11) is 0. The largest absolute Gasteiger partial charge is 0.459 e. The highest BCUT2D eigenvalue weighted by Crippen LogP contribution is 2.23. The number of hydrazone groups is 1. The molecule has 1 fully saturated rings. The molecule has 3 N–H and O–H groups in total. The Morgan fingerprint density at radius 3 is 2.67 bits per heavy atom. The maximum Gasteiger partial charge on any atom is 0.184 e. The third-order valence-electron chi connectivity index (χ3n) is 4.52. The lowest BCUT2D eigenvalue weighted by atomic mass is 9.89. The SMILES string of the molecule is NC(=S)NN=Cc1ccc(CN2CCC(C(=O)c3ccc(F)cc3)CC2)o1. The third kappa shape index (κ3) is 5.45. The van der Waals surface area contributed by atoms with Crippen molar-refractivity contribution < 1.29 is 13.6 Å². The highest BCUT2D eigenvalue weighted by molar-refractivity contribution is 7.80. The molecule has 1 saturated heterocycles. The molecule has 1 aliphatic heterocycles. The molecule has 0 spiro atoms. The lowest BCUT2D eigenvalue weighted by Gasteiger charge is -2.30. The molecule has 3 rings (SSSR count). The van der Waals surface area contributed by atoms with Gasteiger partial charge in [-0.15, -0.1) is 0 Å². The van der Waals surface area contributed by atoms with E-state index in [2.05, 4.69) is 27.6 Å². The maximum atomic E-state index is 13.0. The molecular weight excluding hydrogens is 367 g/mol. The molecule has 2 aromatic rings. The van der Waals surface area contributed by atoms with E-state index >= 15 is 0 Å². The van der Waals surface area contributed by atoms with Crippen molar-refractivity contribution in [2.45, 2.75) is 19.4 Å². The van der Waals surface area contributed by atoms with Gasteiger partial charge in [0.15, 0.2) is 10.9 Å². The molecule has 142 valence electrons. The molecule has 0 atom stereocenters. The van der Waals surface area contributed by atoms with Crippen molar-refractivity contribution >= 4 is 29.3 Å². The monoisotopic (exact) mass is 388 g/mol. The van der Waals surface area contributed by atoms with Gasteiger partial charge in [0.1, 0.15) is 17.3 Å². The van der Waals surface area contributed by atoms with Gasteiger partial charge in [-0.25, -0.2) is 4.39 Å². The molecule has 1 aliphatic rings. The van der Waals surface area contributed by atoms with Gasteiger partial charge in [-0.1, -0.05) is 0 Å². The van der Waals surface area contributed by atoms with Gasteiger partial charge in [-0.3, -0.25) is 15.1 Å². The number of benzene rings is 1. The van der Waals surface area contributed by atoms with E-state index in [4.69, 9.17) is 10.2 Å². The normalized spacial score (nSPS) is 15.9. The van der Waals surface area contributed by atoms with Crippen LogP contribution in [0.1, 0.15) is 34.7 Å². The number of piperidine rings is 1. The number of nitrogens with one attached hydrogen (secondary N) is 1. The Bertz CT molecular complexity index is 826. The summed E-state index contributed by atoms with van der Waals surface area (Å²) in [6.07, 6.45) is 3.07. The van der Waals surface area contributed by atoms with Crippen LogP contribution >= 0.6 is 12.2 Å². The first-order chi connectivity index (χ1) is 13.0. The van der Waals surface area contributed by atoms with E-state index in [-0.39, 0.29) is 22.6 Å². The second kappa shape index (κ2) is 8.88. The van der Waals surface area contributed by atoms with Crippen LogP contribution in [0.15, 0.2) is 45.9 Å². The minimum atomic E-state index is -0.328. The molecule has 1 aromatic heterocycles. The van der Waals surface area contributed by atoms with E-state index in [1.807, 2.05) is 12.1 Å². The molecule has 27 heavy (non-hydrogen) atoms. The van der Waals surface area contributed by atoms with Crippen LogP contribution in [0, 0.1) is 11.7 Å². The van der Waals surface area contributed by atoms with Crippen molar-refractivity contribution in [1.29, 1.82) is 0 Å². The van der Waals surface area contributed by atoms with Crippen LogP contribution < -0.4 is 11.2 Å². The molecule has 0 amide bonds. The summed E-state index contributed by atoms with van der Waals surface area (Å²) in [6.45, 7) is 2.30. The molecule has 1 aromatic carbocycles. The Labute approximate surface area is 162 Å². The molecule has 8 heteroatoms. The number of hydrogen-bond acceptors (Lipinski definition) is 5. The van der Waals surface area contributed by atoms with Crippen molar-refractivity contribution in [3.05, 3.63) is 59.3 Å². The van der Waals surface area contributed by atoms with Crippen molar-refractivity contribution in [3.63, 3.8) is 0 Å². The molecule has 0 radical (unpaired) electrons. The maximum absolute atomic E-state index is 13.0. The predicted octanol–water partition coefficient (Wildman–Crippen LogP) is 2.68. The zero-order valence-corrected chi connectivity index (χ0v) is 15.5. The molecule has 0 aliphatic carbocycles. The van der Waals surface area contributed by atoms with Crippen LogP contribution in [0.5, 0.6) is 0 Å². The minimum Gasteiger partial charge on any atom is -0.459 e. The number of rotatable bonds is 6. The van der Waals surface area contributed by atoms with Gasteiger partial charge >= 0.3 is 0 Å². The lowest BCUT2D eigenvalue weighted by molar-refractivity contribution is 0.0829. The van der Waals surface area contributed by atoms with Crippen LogP contribution in [0.25, 0.3) is 0 Å². The number of carbonyl (C=O) groups is 1. The molecule has 2 heterocycles. The average molecular weight is 388 g/mol. The molecule has 0 unspecified atom stereocenters. The van der Waals surface area contributed by atoms with Crippen LogP contribution in [0.4, 0.5) is 4.39 Å². The highest BCUT2D eigenvalue weighted by Gasteiger charge is 2.26. The first-order valence-electron chi connectivity index (χ1n) is 8.70. The number of likely N-dealkylation sites (tertiary alicyclic amines) is 1. The van der Waals surface area contributed by atoms with Crippen LogP contribution in [-0.4, -0.2) is 35.1 Å². The Balaban J connectivity index is 1.49. The molecule has 0 saturated carbocycles. The molecule has 0 bridgehead atoms. The molecular formula is C19H21FN4O2S. The predicted molar refractivity (Wildman–Crippen MR) is 105 cm³/mol.